The Kier molecular flexibility index (Phi) is 9.05. The monoisotopic (exact) mass is 629 g/mol. The van der Waals surface area contributed by atoms with Crippen molar-refractivity contribution in [1.29, 1.82) is 0 Å². The van der Waals surface area contributed by atoms with Gasteiger partial charge in [-0.05, 0) is 67.1 Å². The molecule has 6 rings (SSSR count). The molecule has 4 aromatic rings. The molecule has 44 heavy (non-hydrogen) atoms. The second-order valence-electron chi connectivity index (χ2n) is 11.4. The third-order valence-electron chi connectivity index (χ3n) is 8.31. The molecule has 0 bridgehead atoms. The first-order valence-electron chi connectivity index (χ1n) is 14.9. The van der Waals surface area contributed by atoms with Gasteiger partial charge in [0.15, 0.2) is 11.2 Å². The number of anilines is 1. The number of hydrogen-bond acceptors (Lipinski definition) is 5. The van der Waals surface area contributed by atoms with Gasteiger partial charge in [0, 0.05) is 60.5 Å². The predicted molar refractivity (Wildman–Crippen MR) is 175 cm³/mol. The van der Waals surface area contributed by atoms with Gasteiger partial charge in [-0.2, -0.15) is 0 Å². The second-order valence-corrected chi connectivity index (χ2v) is 12.3. The Hall–Kier alpha value is -4.07. The van der Waals surface area contributed by atoms with E-state index in [1.807, 2.05) is 41.3 Å². The minimum Gasteiger partial charge on any atom is -0.451 e. The summed E-state index contributed by atoms with van der Waals surface area (Å²) in [7, 11) is 0. The Balaban J connectivity index is 1.19. The minimum absolute atomic E-state index is 0.0628. The maximum absolute atomic E-state index is 13.4. The molecule has 9 heteroatoms. The van der Waals surface area contributed by atoms with E-state index in [9.17, 15) is 14.4 Å². The van der Waals surface area contributed by atoms with Gasteiger partial charge in [-0.3, -0.25) is 14.4 Å². The number of benzene rings is 3. The van der Waals surface area contributed by atoms with E-state index in [0.717, 1.165) is 44.5 Å². The number of para-hydroxylation sites is 1. The van der Waals surface area contributed by atoms with Gasteiger partial charge < -0.3 is 19.5 Å². The molecule has 2 aliphatic heterocycles. The maximum Gasteiger partial charge on any atom is 0.287 e. The highest BCUT2D eigenvalue weighted by atomic mass is 35.5. The van der Waals surface area contributed by atoms with E-state index in [2.05, 4.69) is 28.4 Å². The minimum atomic E-state index is -0.470. The average Bonchev–Trinajstić information content (AvgIpc) is 3.42. The number of hydrogen-bond donors (Lipinski definition) is 1. The quantitative estimate of drug-likeness (QED) is 0.217. The molecule has 2 fully saturated rings. The number of piperidine rings is 1. The first-order valence-corrected chi connectivity index (χ1v) is 15.7. The molecule has 0 saturated carbocycles. The summed E-state index contributed by atoms with van der Waals surface area (Å²) in [6.07, 6.45) is 5.92. The number of carbonyl (C=O) groups is 2. The van der Waals surface area contributed by atoms with Crippen molar-refractivity contribution in [3.8, 4) is 0 Å². The van der Waals surface area contributed by atoms with Crippen LogP contribution in [-0.4, -0.2) is 42.4 Å². The van der Waals surface area contributed by atoms with Crippen LogP contribution in [0.4, 0.5) is 5.69 Å². The molecule has 2 amide bonds. The molecule has 0 unspecified atom stereocenters. The third-order valence-corrected chi connectivity index (χ3v) is 8.79. The Bertz CT molecular complexity index is 1770. The van der Waals surface area contributed by atoms with Crippen LogP contribution in [0.25, 0.3) is 11.0 Å². The Labute approximate surface area is 266 Å². The highest BCUT2D eigenvalue weighted by molar-refractivity contribution is 6.31. The Morgan fingerprint density at radius 2 is 1.66 bits per heavy atom. The summed E-state index contributed by atoms with van der Waals surface area (Å²) < 4.78 is 5.80. The number of nitrogens with one attached hydrogen (secondary N) is 1. The molecule has 2 aliphatic rings. The van der Waals surface area contributed by atoms with Crippen LogP contribution in [-0.2, 0) is 17.8 Å². The molecular formula is C35H33Cl2N3O4. The van der Waals surface area contributed by atoms with Crippen LogP contribution < -0.4 is 15.6 Å². The zero-order valence-electron chi connectivity index (χ0n) is 24.2. The van der Waals surface area contributed by atoms with Crippen molar-refractivity contribution in [3.05, 3.63) is 122 Å². The number of rotatable bonds is 8. The summed E-state index contributed by atoms with van der Waals surface area (Å²) in [4.78, 5) is 42.7. The van der Waals surface area contributed by atoms with Gasteiger partial charge in [0.2, 0.25) is 5.91 Å². The fourth-order valence-electron chi connectivity index (χ4n) is 6.02. The molecule has 2 saturated heterocycles. The smallest absolute Gasteiger partial charge is 0.287 e. The van der Waals surface area contributed by atoms with Crippen molar-refractivity contribution in [2.75, 3.05) is 24.5 Å². The lowest BCUT2D eigenvalue weighted by molar-refractivity contribution is -0.128. The largest absolute Gasteiger partial charge is 0.451 e. The molecule has 1 aromatic heterocycles. The number of fused-ring (bicyclic) bond motifs is 1. The van der Waals surface area contributed by atoms with E-state index in [1.165, 1.54) is 29.0 Å². The summed E-state index contributed by atoms with van der Waals surface area (Å²) >= 11 is 12.2. The van der Waals surface area contributed by atoms with Crippen LogP contribution in [0.15, 0.2) is 93.7 Å². The molecule has 0 radical (unpaired) electrons. The highest BCUT2D eigenvalue weighted by Gasteiger charge is 2.24. The maximum atomic E-state index is 13.4. The van der Waals surface area contributed by atoms with Gasteiger partial charge in [0.25, 0.3) is 5.91 Å². The molecule has 3 aromatic carbocycles. The molecule has 1 atom stereocenters. The third kappa shape index (κ3) is 7.01. The summed E-state index contributed by atoms with van der Waals surface area (Å²) in [5, 5.41) is 4.51. The fraction of sp³-hybridized carbons (Fsp3) is 0.286. The Morgan fingerprint density at radius 1 is 0.909 bits per heavy atom. The van der Waals surface area contributed by atoms with Crippen LogP contribution >= 0.6 is 23.2 Å². The average molecular weight is 631 g/mol. The van der Waals surface area contributed by atoms with E-state index in [4.69, 9.17) is 27.6 Å². The number of carbonyl (C=O) groups excluding carboxylic acids is 2. The van der Waals surface area contributed by atoms with Crippen LogP contribution in [0, 0.1) is 0 Å². The summed E-state index contributed by atoms with van der Waals surface area (Å²) in [5.74, 6) is -0.306. The van der Waals surface area contributed by atoms with Crippen LogP contribution in [0.5, 0.6) is 0 Å². The SMILES string of the molecule is O=C(N[C@@H](C=C1CCN(c2ccccc2CN2CCCC2=O)CC1)Cc1ccc(Cl)cc1)c1cc(=O)c2ccc(Cl)cc2o1. The summed E-state index contributed by atoms with van der Waals surface area (Å²) in [5.41, 5.74) is 4.57. The lowest BCUT2D eigenvalue weighted by Gasteiger charge is -2.33. The summed E-state index contributed by atoms with van der Waals surface area (Å²) in [6.45, 7) is 3.12. The molecule has 7 nitrogen and oxygen atoms in total. The number of likely N-dealkylation sites (tertiary alicyclic amines) is 1. The van der Waals surface area contributed by atoms with E-state index in [1.54, 1.807) is 12.1 Å². The zero-order valence-corrected chi connectivity index (χ0v) is 25.7. The highest BCUT2D eigenvalue weighted by Crippen LogP contribution is 2.29. The van der Waals surface area contributed by atoms with Crippen molar-refractivity contribution >= 4 is 51.7 Å². The van der Waals surface area contributed by atoms with Gasteiger partial charge in [0.05, 0.1) is 11.4 Å². The fourth-order valence-corrected chi connectivity index (χ4v) is 6.31. The van der Waals surface area contributed by atoms with E-state index < -0.39 is 5.91 Å². The molecule has 0 aliphatic carbocycles. The van der Waals surface area contributed by atoms with Gasteiger partial charge in [-0.25, -0.2) is 0 Å². The van der Waals surface area contributed by atoms with Crippen LogP contribution in [0.1, 0.15) is 47.4 Å². The predicted octanol–water partition coefficient (Wildman–Crippen LogP) is 6.79. The second kappa shape index (κ2) is 13.3. The van der Waals surface area contributed by atoms with Crippen molar-refractivity contribution in [1.82, 2.24) is 10.2 Å². The molecule has 1 N–H and O–H groups in total. The lowest BCUT2D eigenvalue weighted by atomic mass is 9.97. The molecule has 3 heterocycles. The van der Waals surface area contributed by atoms with Gasteiger partial charge in [-0.15, -0.1) is 0 Å². The van der Waals surface area contributed by atoms with Gasteiger partial charge >= 0.3 is 0 Å². The van der Waals surface area contributed by atoms with Crippen LogP contribution in [0.3, 0.4) is 0 Å². The first-order chi connectivity index (χ1) is 21.3. The molecular weight excluding hydrogens is 597 g/mol. The first kappa shape index (κ1) is 30.0. The number of nitrogens with zero attached hydrogens (tertiary/aromatic N) is 2. The van der Waals surface area contributed by atoms with Crippen molar-refractivity contribution in [2.24, 2.45) is 0 Å². The number of amides is 2. The Morgan fingerprint density at radius 3 is 2.41 bits per heavy atom. The van der Waals surface area contributed by atoms with E-state index in [-0.39, 0.29) is 28.7 Å². The van der Waals surface area contributed by atoms with Crippen molar-refractivity contribution in [3.63, 3.8) is 0 Å². The molecule has 226 valence electrons. The topological polar surface area (TPSA) is 82.9 Å². The normalized spacial score (nSPS) is 16.0. The molecule has 0 spiro atoms. The standard InChI is InChI=1S/C35H33Cl2N3O4/c36-26-9-7-23(8-10-26)18-28(38-35(43)33-21-31(41)29-12-11-27(37)20-32(29)44-33)19-24-13-16-39(17-14-24)30-5-2-1-4-25(30)22-40-15-3-6-34(40)42/h1-2,4-5,7-12,19-21,28H,3,6,13-18,22H2,(H,38,43)/t28-/m1/s1. The zero-order chi connectivity index (χ0) is 30.6. The van der Waals surface area contributed by atoms with Gasteiger partial charge in [0.1, 0.15) is 5.58 Å². The lowest BCUT2D eigenvalue weighted by Crippen LogP contribution is -2.37. The van der Waals surface area contributed by atoms with Crippen LogP contribution in [0.2, 0.25) is 10.0 Å². The summed E-state index contributed by atoms with van der Waals surface area (Å²) in [6, 6.07) is 21.5. The van der Waals surface area contributed by atoms with E-state index in [0.29, 0.717) is 34.8 Å². The van der Waals surface area contributed by atoms with Crippen molar-refractivity contribution < 1.29 is 14.0 Å². The van der Waals surface area contributed by atoms with Gasteiger partial charge in [-0.1, -0.05) is 65.2 Å². The van der Waals surface area contributed by atoms with Crippen molar-refractivity contribution in [2.45, 2.75) is 44.7 Å². The number of halogens is 2. The van der Waals surface area contributed by atoms with E-state index >= 15 is 0 Å².